The lowest BCUT2D eigenvalue weighted by Crippen LogP contribution is -2.31. The van der Waals surface area contributed by atoms with Crippen LogP contribution < -0.4 is 5.32 Å². The molecule has 106 valence electrons. The lowest BCUT2D eigenvalue weighted by atomic mass is 10.1. The second kappa shape index (κ2) is 6.93. The fraction of sp³-hybridized carbons (Fsp3) is 0.267. The number of aliphatic hydroxyl groups excluding tert-OH is 1. The van der Waals surface area contributed by atoms with Crippen molar-refractivity contribution >= 4 is 35.2 Å². The fourth-order valence-corrected chi connectivity index (χ4v) is 2.60. The number of aliphatic hydroxyl groups is 1. The second-order valence-electron chi connectivity index (χ2n) is 4.65. The van der Waals surface area contributed by atoms with E-state index in [0.29, 0.717) is 15.6 Å². The van der Waals surface area contributed by atoms with Crippen molar-refractivity contribution in [3.05, 3.63) is 52.0 Å². The van der Waals surface area contributed by atoms with E-state index in [-0.39, 0.29) is 24.5 Å². The molecule has 0 unspecified atom stereocenters. The average molecular weight is 312 g/mol. The molecule has 2 N–H and O–H groups in total. The molecule has 1 aromatic carbocycles. The van der Waals surface area contributed by atoms with Crippen molar-refractivity contribution in [1.29, 1.82) is 0 Å². The topological polar surface area (TPSA) is 49.3 Å². The number of carbonyl (C=O) groups excluding carboxylic acids is 1. The number of hydrogen-bond acceptors (Lipinski definition) is 2. The van der Waals surface area contributed by atoms with Crippen LogP contribution in [0.25, 0.3) is 6.08 Å². The minimum Gasteiger partial charge on any atom is -0.396 e. The monoisotopic (exact) mass is 311 g/mol. The van der Waals surface area contributed by atoms with Crippen LogP contribution >= 0.6 is 23.2 Å². The van der Waals surface area contributed by atoms with Gasteiger partial charge in [-0.05, 0) is 24.6 Å². The van der Waals surface area contributed by atoms with Gasteiger partial charge in [0, 0.05) is 40.3 Å². The summed E-state index contributed by atoms with van der Waals surface area (Å²) in [6.45, 7) is 0.105. The smallest absolute Gasteiger partial charge is 0.244 e. The first kappa shape index (κ1) is 15.1. The summed E-state index contributed by atoms with van der Waals surface area (Å²) in [5, 5.41) is 12.9. The van der Waals surface area contributed by atoms with Crippen molar-refractivity contribution in [3.63, 3.8) is 0 Å². The van der Waals surface area contributed by atoms with Gasteiger partial charge in [0.15, 0.2) is 0 Å². The summed E-state index contributed by atoms with van der Waals surface area (Å²) in [6.07, 6.45) is 7.55. The number of rotatable bonds is 4. The minimum atomic E-state index is -0.214. The minimum absolute atomic E-state index is 0.0361. The summed E-state index contributed by atoms with van der Waals surface area (Å²) in [7, 11) is 0. The molecule has 1 aliphatic carbocycles. The molecule has 1 aliphatic rings. The van der Waals surface area contributed by atoms with Crippen LogP contribution in [0.3, 0.4) is 0 Å². The molecule has 2 atom stereocenters. The van der Waals surface area contributed by atoms with E-state index in [2.05, 4.69) is 5.32 Å². The highest BCUT2D eigenvalue weighted by molar-refractivity contribution is 6.37. The molecule has 0 bridgehead atoms. The fourth-order valence-electron chi connectivity index (χ4n) is 2.08. The molecule has 0 saturated carbocycles. The van der Waals surface area contributed by atoms with Gasteiger partial charge in [0.1, 0.15) is 0 Å². The van der Waals surface area contributed by atoms with E-state index < -0.39 is 0 Å². The van der Waals surface area contributed by atoms with Crippen LogP contribution in [0.5, 0.6) is 0 Å². The van der Waals surface area contributed by atoms with Gasteiger partial charge in [-0.2, -0.15) is 0 Å². The van der Waals surface area contributed by atoms with Crippen molar-refractivity contribution in [2.24, 2.45) is 5.92 Å². The third-order valence-electron chi connectivity index (χ3n) is 3.14. The van der Waals surface area contributed by atoms with Crippen molar-refractivity contribution in [2.45, 2.75) is 12.5 Å². The van der Waals surface area contributed by atoms with Crippen molar-refractivity contribution in [3.8, 4) is 0 Å². The van der Waals surface area contributed by atoms with E-state index in [1.54, 1.807) is 24.3 Å². The Labute approximate surface area is 127 Å². The van der Waals surface area contributed by atoms with Gasteiger partial charge in [-0.15, -0.1) is 0 Å². The number of nitrogens with one attached hydrogen (secondary N) is 1. The summed E-state index contributed by atoms with van der Waals surface area (Å²) < 4.78 is 0. The molecule has 0 radical (unpaired) electrons. The van der Waals surface area contributed by atoms with E-state index in [1.807, 2.05) is 12.2 Å². The highest BCUT2D eigenvalue weighted by Crippen LogP contribution is 2.25. The summed E-state index contributed by atoms with van der Waals surface area (Å²) in [5.74, 6) is -0.0866. The van der Waals surface area contributed by atoms with E-state index in [1.165, 1.54) is 6.08 Å². The van der Waals surface area contributed by atoms with Gasteiger partial charge in [0.25, 0.3) is 0 Å². The SMILES string of the molecule is O=C(/C=C/c1c(Cl)cccc1Cl)N[C@@H]1C=C[C@H](CO)C1. The third-order valence-corrected chi connectivity index (χ3v) is 3.79. The molecule has 2 rings (SSSR count). The Morgan fingerprint density at radius 2 is 2.05 bits per heavy atom. The zero-order valence-corrected chi connectivity index (χ0v) is 12.2. The highest BCUT2D eigenvalue weighted by Gasteiger charge is 2.18. The van der Waals surface area contributed by atoms with Crippen LogP contribution in [0.4, 0.5) is 0 Å². The maximum atomic E-state index is 11.8. The first-order valence-corrected chi connectivity index (χ1v) is 7.07. The molecule has 0 aliphatic heterocycles. The summed E-state index contributed by atoms with van der Waals surface area (Å²) in [5.41, 5.74) is 0.626. The second-order valence-corrected chi connectivity index (χ2v) is 5.46. The Bertz CT molecular complexity index is 535. The zero-order valence-electron chi connectivity index (χ0n) is 10.7. The zero-order chi connectivity index (χ0) is 14.5. The Morgan fingerprint density at radius 3 is 2.65 bits per heavy atom. The molecule has 0 spiro atoms. The molecule has 20 heavy (non-hydrogen) atoms. The van der Waals surface area contributed by atoms with Crippen molar-refractivity contribution in [2.75, 3.05) is 6.61 Å². The van der Waals surface area contributed by atoms with Crippen LogP contribution in [-0.4, -0.2) is 23.7 Å². The van der Waals surface area contributed by atoms with E-state index in [9.17, 15) is 4.79 Å². The van der Waals surface area contributed by atoms with E-state index in [4.69, 9.17) is 28.3 Å². The number of benzene rings is 1. The van der Waals surface area contributed by atoms with Crippen LogP contribution in [0.2, 0.25) is 10.0 Å². The van der Waals surface area contributed by atoms with Gasteiger partial charge >= 0.3 is 0 Å². The third kappa shape index (κ3) is 3.85. The molecule has 1 amide bonds. The summed E-state index contributed by atoms with van der Waals surface area (Å²) >= 11 is 12.0. The molecule has 5 heteroatoms. The Hall–Kier alpha value is -1.29. The molecule has 3 nitrogen and oxygen atoms in total. The highest BCUT2D eigenvalue weighted by atomic mass is 35.5. The van der Waals surface area contributed by atoms with Gasteiger partial charge in [0.05, 0.1) is 0 Å². The van der Waals surface area contributed by atoms with Gasteiger partial charge in [-0.1, -0.05) is 41.4 Å². The number of carbonyl (C=O) groups is 1. The molecule has 0 heterocycles. The van der Waals surface area contributed by atoms with Crippen LogP contribution in [0.1, 0.15) is 12.0 Å². The maximum Gasteiger partial charge on any atom is 0.244 e. The Morgan fingerprint density at radius 1 is 1.35 bits per heavy atom. The first-order chi connectivity index (χ1) is 9.60. The van der Waals surface area contributed by atoms with Crippen LogP contribution in [0, 0.1) is 5.92 Å². The molecular formula is C15H15Cl2NO2. The summed E-state index contributed by atoms with van der Waals surface area (Å²) in [4.78, 5) is 11.8. The van der Waals surface area contributed by atoms with Gasteiger partial charge in [0.2, 0.25) is 5.91 Å². The van der Waals surface area contributed by atoms with Gasteiger partial charge in [-0.3, -0.25) is 4.79 Å². The van der Waals surface area contributed by atoms with Crippen molar-refractivity contribution < 1.29 is 9.90 Å². The quantitative estimate of drug-likeness (QED) is 0.663. The van der Waals surface area contributed by atoms with Crippen LogP contribution in [-0.2, 0) is 4.79 Å². The molecule has 0 aromatic heterocycles. The molecular weight excluding hydrogens is 297 g/mol. The predicted molar refractivity (Wildman–Crippen MR) is 81.8 cm³/mol. The van der Waals surface area contributed by atoms with Gasteiger partial charge < -0.3 is 10.4 Å². The largest absolute Gasteiger partial charge is 0.396 e. The molecule has 0 saturated heterocycles. The summed E-state index contributed by atoms with van der Waals surface area (Å²) in [6, 6.07) is 5.15. The van der Waals surface area contributed by atoms with E-state index in [0.717, 1.165) is 6.42 Å². The molecule has 1 aromatic rings. The normalized spacial score (nSPS) is 21.6. The number of hydrogen-bond donors (Lipinski definition) is 2. The Balaban J connectivity index is 1.95. The van der Waals surface area contributed by atoms with Crippen LogP contribution in [0.15, 0.2) is 36.4 Å². The number of halogens is 2. The standard InChI is InChI=1S/C15H15Cl2NO2/c16-13-2-1-3-14(17)12(13)6-7-15(20)18-11-5-4-10(8-11)9-19/h1-7,10-11,19H,8-9H2,(H,18,20)/b7-6+/t10-,11+/m0/s1. The predicted octanol–water partition coefficient (Wildman–Crippen LogP) is 3.06. The number of amides is 1. The van der Waals surface area contributed by atoms with Crippen molar-refractivity contribution in [1.82, 2.24) is 5.32 Å². The average Bonchev–Trinajstić information content (AvgIpc) is 2.86. The van der Waals surface area contributed by atoms with Gasteiger partial charge in [-0.25, -0.2) is 0 Å². The van der Waals surface area contributed by atoms with E-state index >= 15 is 0 Å². The first-order valence-electron chi connectivity index (χ1n) is 6.32. The maximum absolute atomic E-state index is 11.8. The molecule has 0 fully saturated rings. The lowest BCUT2D eigenvalue weighted by molar-refractivity contribution is -0.116. The lowest BCUT2D eigenvalue weighted by Gasteiger charge is -2.10. The Kier molecular flexibility index (Phi) is 5.24.